The van der Waals surface area contributed by atoms with Crippen LogP contribution < -0.4 is 10.1 Å². The number of hydrogen-bond donors (Lipinski definition) is 1. The quantitative estimate of drug-likeness (QED) is 0.744. The Morgan fingerprint density at radius 1 is 1.21 bits per heavy atom. The number of halogens is 1. The number of methoxy groups -OCH3 is 2. The van der Waals surface area contributed by atoms with Gasteiger partial charge in [-0.2, -0.15) is 0 Å². The second-order valence-electron chi connectivity index (χ2n) is 5.23. The highest BCUT2D eigenvalue weighted by molar-refractivity contribution is 6.32. The molecule has 1 N–H and O–H groups in total. The van der Waals surface area contributed by atoms with E-state index in [9.17, 15) is 0 Å². The second-order valence-corrected chi connectivity index (χ2v) is 5.63. The molecule has 0 aliphatic rings. The maximum absolute atomic E-state index is 6.18. The predicted octanol–water partition coefficient (Wildman–Crippen LogP) is 3.25. The number of rotatable bonds is 8. The zero-order chi connectivity index (χ0) is 14.3. The molecule has 108 valence electrons. The average molecular weight is 286 g/mol. The number of ether oxygens (including phenoxy) is 2. The van der Waals surface area contributed by atoms with Crippen LogP contribution in [0.5, 0.6) is 5.75 Å². The first kappa shape index (κ1) is 16.3. The smallest absolute Gasteiger partial charge is 0.137 e. The fourth-order valence-corrected chi connectivity index (χ4v) is 2.19. The summed E-state index contributed by atoms with van der Waals surface area (Å²) >= 11 is 6.18. The van der Waals surface area contributed by atoms with Gasteiger partial charge in [0.05, 0.1) is 18.7 Å². The Morgan fingerprint density at radius 3 is 2.53 bits per heavy atom. The van der Waals surface area contributed by atoms with Gasteiger partial charge < -0.3 is 14.8 Å². The van der Waals surface area contributed by atoms with Crippen LogP contribution in [0, 0.1) is 0 Å². The van der Waals surface area contributed by atoms with Crippen LogP contribution in [-0.2, 0) is 10.2 Å². The molecule has 1 rings (SSSR count). The van der Waals surface area contributed by atoms with Gasteiger partial charge in [-0.1, -0.05) is 31.5 Å². The van der Waals surface area contributed by atoms with E-state index in [1.54, 1.807) is 14.2 Å². The van der Waals surface area contributed by atoms with E-state index in [1.807, 2.05) is 12.1 Å². The predicted molar refractivity (Wildman–Crippen MR) is 80.4 cm³/mol. The summed E-state index contributed by atoms with van der Waals surface area (Å²) in [4.78, 5) is 0. The van der Waals surface area contributed by atoms with E-state index in [0.29, 0.717) is 5.02 Å². The summed E-state index contributed by atoms with van der Waals surface area (Å²) in [5.74, 6) is 0.722. The van der Waals surface area contributed by atoms with Crippen molar-refractivity contribution in [1.82, 2.24) is 5.32 Å². The first-order chi connectivity index (χ1) is 9.01. The molecule has 0 aliphatic carbocycles. The van der Waals surface area contributed by atoms with Crippen molar-refractivity contribution in [2.45, 2.75) is 25.7 Å². The van der Waals surface area contributed by atoms with Crippen molar-refractivity contribution in [3.8, 4) is 5.75 Å². The summed E-state index contributed by atoms with van der Waals surface area (Å²) in [6.07, 6.45) is 1.04. The highest BCUT2D eigenvalue weighted by Crippen LogP contribution is 2.32. The van der Waals surface area contributed by atoms with Crippen LogP contribution in [0.4, 0.5) is 0 Å². The minimum atomic E-state index is 0.0793. The van der Waals surface area contributed by atoms with E-state index in [-0.39, 0.29) is 5.41 Å². The fourth-order valence-electron chi connectivity index (χ4n) is 1.93. The van der Waals surface area contributed by atoms with Crippen LogP contribution in [-0.4, -0.2) is 33.9 Å². The van der Waals surface area contributed by atoms with Crippen molar-refractivity contribution >= 4 is 11.6 Å². The molecule has 3 nitrogen and oxygen atoms in total. The van der Waals surface area contributed by atoms with E-state index in [0.717, 1.165) is 31.9 Å². The van der Waals surface area contributed by atoms with Crippen LogP contribution in [0.3, 0.4) is 0 Å². The molecule has 0 saturated carbocycles. The molecule has 1 aromatic carbocycles. The van der Waals surface area contributed by atoms with E-state index < -0.39 is 0 Å². The van der Waals surface area contributed by atoms with Gasteiger partial charge in [-0.15, -0.1) is 0 Å². The number of hydrogen-bond acceptors (Lipinski definition) is 3. The summed E-state index contributed by atoms with van der Waals surface area (Å²) in [5, 5.41) is 4.03. The molecule has 0 spiro atoms. The van der Waals surface area contributed by atoms with E-state index in [2.05, 4.69) is 25.2 Å². The van der Waals surface area contributed by atoms with Crippen molar-refractivity contribution in [2.75, 3.05) is 33.9 Å². The number of nitrogens with one attached hydrogen (secondary N) is 1. The molecular formula is C15H24ClNO2. The van der Waals surface area contributed by atoms with Crippen molar-refractivity contribution in [3.63, 3.8) is 0 Å². The Morgan fingerprint density at radius 2 is 1.95 bits per heavy atom. The minimum Gasteiger partial charge on any atom is -0.495 e. The second kappa shape index (κ2) is 7.73. The zero-order valence-electron chi connectivity index (χ0n) is 12.3. The lowest BCUT2D eigenvalue weighted by atomic mass is 9.81. The van der Waals surface area contributed by atoms with Gasteiger partial charge in [0.25, 0.3) is 0 Å². The van der Waals surface area contributed by atoms with Gasteiger partial charge in [-0.25, -0.2) is 0 Å². The highest BCUT2D eigenvalue weighted by Gasteiger charge is 2.21. The normalized spacial score (nSPS) is 11.6. The van der Waals surface area contributed by atoms with Crippen molar-refractivity contribution in [2.24, 2.45) is 0 Å². The summed E-state index contributed by atoms with van der Waals surface area (Å²) in [7, 11) is 3.34. The van der Waals surface area contributed by atoms with Gasteiger partial charge in [0.2, 0.25) is 0 Å². The zero-order valence-corrected chi connectivity index (χ0v) is 13.0. The maximum Gasteiger partial charge on any atom is 0.137 e. The molecular weight excluding hydrogens is 262 g/mol. The Labute approximate surface area is 121 Å². The maximum atomic E-state index is 6.18. The Kier molecular flexibility index (Phi) is 6.63. The van der Waals surface area contributed by atoms with Crippen LogP contribution >= 0.6 is 11.6 Å². The molecule has 19 heavy (non-hydrogen) atoms. The van der Waals surface area contributed by atoms with Crippen LogP contribution in [0.15, 0.2) is 18.2 Å². The number of benzene rings is 1. The summed E-state index contributed by atoms with van der Waals surface area (Å²) in [5.41, 5.74) is 1.31. The molecule has 0 amide bonds. The molecule has 0 aliphatic heterocycles. The molecule has 1 aromatic rings. The van der Waals surface area contributed by atoms with Crippen molar-refractivity contribution in [3.05, 3.63) is 28.8 Å². The molecule has 0 radical (unpaired) electrons. The molecule has 4 heteroatoms. The van der Waals surface area contributed by atoms with Gasteiger partial charge in [-0.3, -0.25) is 0 Å². The molecule has 0 saturated heterocycles. The minimum absolute atomic E-state index is 0.0793. The first-order valence-corrected chi connectivity index (χ1v) is 6.92. The van der Waals surface area contributed by atoms with Gasteiger partial charge in [0.15, 0.2) is 0 Å². The topological polar surface area (TPSA) is 30.5 Å². The van der Waals surface area contributed by atoms with Crippen LogP contribution in [0.1, 0.15) is 25.8 Å². The van der Waals surface area contributed by atoms with E-state index in [4.69, 9.17) is 21.1 Å². The summed E-state index contributed by atoms with van der Waals surface area (Å²) < 4.78 is 10.2. The van der Waals surface area contributed by atoms with Gasteiger partial charge >= 0.3 is 0 Å². The van der Waals surface area contributed by atoms with Gasteiger partial charge in [-0.05, 0) is 36.1 Å². The highest BCUT2D eigenvalue weighted by atomic mass is 35.5. The monoisotopic (exact) mass is 285 g/mol. The van der Waals surface area contributed by atoms with E-state index in [1.165, 1.54) is 5.56 Å². The SMILES string of the molecule is COCCNCCC(C)(C)c1ccc(OC)c(Cl)c1. The van der Waals surface area contributed by atoms with Crippen LogP contribution in [0.25, 0.3) is 0 Å². The molecule has 0 unspecified atom stereocenters. The largest absolute Gasteiger partial charge is 0.495 e. The lowest BCUT2D eigenvalue weighted by Crippen LogP contribution is -2.27. The fraction of sp³-hybridized carbons (Fsp3) is 0.600. The third-order valence-electron chi connectivity index (χ3n) is 3.34. The standard InChI is InChI=1S/C15H24ClNO2/c1-15(2,7-8-17-9-10-18-3)12-5-6-14(19-4)13(16)11-12/h5-6,11,17H,7-10H2,1-4H3. The Bertz CT molecular complexity index is 394. The third-order valence-corrected chi connectivity index (χ3v) is 3.64. The lowest BCUT2D eigenvalue weighted by Gasteiger charge is -2.26. The van der Waals surface area contributed by atoms with E-state index >= 15 is 0 Å². The van der Waals surface area contributed by atoms with Crippen molar-refractivity contribution in [1.29, 1.82) is 0 Å². The Balaban J connectivity index is 2.58. The summed E-state index contributed by atoms with van der Waals surface area (Å²) in [6, 6.07) is 6.01. The third kappa shape index (κ3) is 5.01. The molecule has 0 bridgehead atoms. The van der Waals surface area contributed by atoms with Gasteiger partial charge in [0.1, 0.15) is 5.75 Å². The molecule has 0 fully saturated rings. The molecule has 0 aromatic heterocycles. The lowest BCUT2D eigenvalue weighted by molar-refractivity contribution is 0.198. The molecule has 0 heterocycles. The average Bonchev–Trinajstić information content (AvgIpc) is 2.38. The van der Waals surface area contributed by atoms with Crippen molar-refractivity contribution < 1.29 is 9.47 Å². The van der Waals surface area contributed by atoms with Crippen LogP contribution in [0.2, 0.25) is 5.02 Å². The molecule has 0 atom stereocenters. The Hall–Kier alpha value is -0.770. The first-order valence-electron chi connectivity index (χ1n) is 6.55. The summed E-state index contributed by atoms with van der Waals surface area (Å²) in [6.45, 7) is 7.04. The van der Waals surface area contributed by atoms with Gasteiger partial charge in [0, 0.05) is 13.7 Å².